The minimum Gasteiger partial charge on any atom is -0.452 e. The molecule has 0 bridgehead atoms. The zero-order chi connectivity index (χ0) is 26.0. The summed E-state index contributed by atoms with van der Waals surface area (Å²) in [5.74, 6) is -0.882. The van der Waals surface area contributed by atoms with E-state index in [0.717, 1.165) is 17.2 Å². The second-order valence-electron chi connectivity index (χ2n) is 9.52. The zero-order valence-electron chi connectivity index (χ0n) is 20.4. The van der Waals surface area contributed by atoms with Crippen molar-refractivity contribution < 1.29 is 18.9 Å². The number of hydrogen-bond acceptors (Lipinski definition) is 6. The minimum absolute atomic E-state index is 0.0626. The van der Waals surface area contributed by atoms with Gasteiger partial charge in [-0.15, -0.1) is 0 Å². The van der Waals surface area contributed by atoms with Gasteiger partial charge in [0, 0.05) is 23.8 Å². The van der Waals surface area contributed by atoms with E-state index in [-0.39, 0.29) is 22.6 Å². The third-order valence-electron chi connectivity index (χ3n) is 5.71. The quantitative estimate of drug-likeness (QED) is 0.137. The van der Waals surface area contributed by atoms with E-state index in [4.69, 9.17) is 9.15 Å². The molecule has 0 saturated carbocycles. The number of nitro benzene ring substituents is 1. The fourth-order valence-corrected chi connectivity index (χ4v) is 3.74. The van der Waals surface area contributed by atoms with Crippen molar-refractivity contribution in [3.8, 4) is 17.1 Å². The first-order valence-corrected chi connectivity index (χ1v) is 11.4. The second kappa shape index (κ2) is 9.62. The Kier molecular flexibility index (Phi) is 6.57. The summed E-state index contributed by atoms with van der Waals surface area (Å²) in [6, 6.07) is 18.6. The van der Waals surface area contributed by atoms with Gasteiger partial charge in [0.25, 0.3) is 5.69 Å². The number of nitrogens with zero attached hydrogens (tertiary/aromatic N) is 1. The standard InChI is InChI=1S/C29H25NO6/c1-18-8-14-24-23(16-18)26(32)28(27(35-24)20-10-12-21(13-11-20)29(2,3)4)36-25(31)15-9-19-6-5-7-22(17-19)30(33)34/h5-17H,1-4H3. The zero-order valence-corrected chi connectivity index (χ0v) is 20.4. The van der Waals surface area contributed by atoms with E-state index in [9.17, 15) is 19.7 Å². The molecule has 0 aliphatic heterocycles. The number of aryl methyl sites for hydroxylation is 1. The van der Waals surface area contributed by atoms with Gasteiger partial charge in [-0.25, -0.2) is 4.79 Å². The molecule has 0 spiro atoms. The van der Waals surface area contributed by atoms with Gasteiger partial charge < -0.3 is 9.15 Å². The van der Waals surface area contributed by atoms with Crippen molar-refractivity contribution in [3.05, 3.63) is 110 Å². The molecule has 7 nitrogen and oxygen atoms in total. The maximum Gasteiger partial charge on any atom is 0.336 e. The minimum atomic E-state index is -0.812. The summed E-state index contributed by atoms with van der Waals surface area (Å²) >= 11 is 0. The van der Waals surface area contributed by atoms with Crippen molar-refractivity contribution >= 4 is 28.7 Å². The Morgan fingerprint density at radius 1 is 1.03 bits per heavy atom. The summed E-state index contributed by atoms with van der Waals surface area (Å²) < 4.78 is 11.6. The summed E-state index contributed by atoms with van der Waals surface area (Å²) in [5.41, 5.74) is 2.75. The molecule has 3 aromatic carbocycles. The molecule has 1 heterocycles. The predicted octanol–water partition coefficient (Wildman–Crippen LogP) is 6.59. The van der Waals surface area contributed by atoms with E-state index in [1.54, 1.807) is 18.2 Å². The van der Waals surface area contributed by atoms with Gasteiger partial charge in [0.05, 0.1) is 10.3 Å². The van der Waals surface area contributed by atoms with Crippen LogP contribution in [-0.2, 0) is 10.2 Å². The average molecular weight is 484 g/mol. The number of rotatable bonds is 5. The molecule has 7 heteroatoms. The molecule has 0 radical (unpaired) electrons. The topological polar surface area (TPSA) is 99.7 Å². The molecule has 182 valence electrons. The number of non-ortho nitro benzene ring substituents is 1. The van der Waals surface area contributed by atoms with Crippen LogP contribution in [0.15, 0.2) is 82.0 Å². The van der Waals surface area contributed by atoms with E-state index in [1.165, 1.54) is 24.3 Å². The predicted molar refractivity (Wildman–Crippen MR) is 139 cm³/mol. The number of fused-ring (bicyclic) bond motifs is 1. The monoisotopic (exact) mass is 483 g/mol. The Morgan fingerprint density at radius 3 is 2.42 bits per heavy atom. The van der Waals surface area contributed by atoms with Crippen molar-refractivity contribution in [1.82, 2.24) is 0 Å². The van der Waals surface area contributed by atoms with Crippen molar-refractivity contribution in [2.24, 2.45) is 0 Å². The molecule has 0 amide bonds. The SMILES string of the molecule is Cc1ccc2oc(-c3ccc(C(C)(C)C)cc3)c(OC(=O)C=Cc3cccc([N+](=O)[O-])c3)c(=O)c2c1. The lowest BCUT2D eigenvalue weighted by Gasteiger charge is -2.19. The van der Waals surface area contributed by atoms with Gasteiger partial charge in [0.15, 0.2) is 5.76 Å². The van der Waals surface area contributed by atoms with Crippen molar-refractivity contribution in [2.75, 3.05) is 0 Å². The maximum absolute atomic E-state index is 13.4. The van der Waals surface area contributed by atoms with Crippen LogP contribution in [0.2, 0.25) is 0 Å². The molecule has 0 fully saturated rings. The average Bonchev–Trinajstić information content (AvgIpc) is 2.84. The number of carbonyl (C=O) groups is 1. The molecular formula is C29H25NO6. The number of nitro groups is 1. The molecule has 0 unspecified atom stereocenters. The molecule has 0 N–H and O–H groups in total. The first kappa shape index (κ1) is 24.6. The smallest absolute Gasteiger partial charge is 0.336 e. The lowest BCUT2D eigenvalue weighted by atomic mass is 9.86. The lowest BCUT2D eigenvalue weighted by Crippen LogP contribution is -2.14. The van der Waals surface area contributed by atoms with Gasteiger partial charge in [0.1, 0.15) is 5.58 Å². The van der Waals surface area contributed by atoms with Gasteiger partial charge in [-0.2, -0.15) is 0 Å². The van der Waals surface area contributed by atoms with Crippen LogP contribution in [0, 0.1) is 17.0 Å². The van der Waals surface area contributed by atoms with Crippen LogP contribution < -0.4 is 10.2 Å². The van der Waals surface area contributed by atoms with Crippen LogP contribution in [0.3, 0.4) is 0 Å². The fourth-order valence-electron chi connectivity index (χ4n) is 3.74. The van der Waals surface area contributed by atoms with E-state index >= 15 is 0 Å². The van der Waals surface area contributed by atoms with Crippen LogP contribution in [0.5, 0.6) is 5.75 Å². The van der Waals surface area contributed by atoms with E-state index in [0.29, 0.717) is 22.1 Å². The third kappa shape index (κ3) is 5.25. The lowest BCUT2D eigenvalue weighted by molar-refractivity contribution is -0.384. The Hall–Kier alpha value is -4.52. The van der Waals surface area contributed by atoms with Crippen LogP contribution in [0.4, 0.5) is 5.69 Å². The first-order valence-electron chi connectivity index (χ1n) is 11.4. The largest absolute Gasteiger partial charge is 0.452 e. The molecule has 0 saturated heterocycles. The highest BCUT2D eigenvalue weighted by molar-refractivity contribution is 5.91. The Balaban J connectivity index is 1.75. The number of ether oxygens (including phenoxy) is 1. The van der Waals surface area contributed by atoms with Crippen molar-refractivity contribution in [2.45, 2.75) is 33.1 Å². The number of hydrogen-bond donors (Lipinski definition) is 0. The summed E-state index contributed by atoms with van der Waals surface area (Å²) in [7, 11) is 0. The van der Waals surface area contributed by atoms with Crippen molar-refractivity contribution in [1.29, 1.82) is 0 Å². The van der Waals surface area contributed by atoms with Crippen LogP contribution in [0.1, 0.15) is 37.5 Å². The number of esters is 1. The van der Waals surface area contributed by atoms with E-state index in [2.05, 4.69) is 20.8 Å². The highest BCUT2D eigenvalue weighted by Crippen LogP contribution is 2.33. The molecular weight excluding hydrogens is 458 g/mol. The van der Waals surface area contributed by atoms with Crippen LogP contribution in [0.25, 0.3) is 28.4 Å². The molecule has 0 aliphatic rings. The Bertz CT molecular complexity index is 1560. The first-order chi connectivity index (χ1) is 17.0. The van der Waals surface area contributed by atoms with E-state index < -0.39 is 16.3 Å². The van der Waals surface area contributed by atoms with Crippen molar-refractivity contribution in [3.63, 3.8) is 0 Å². The normalized spacial score (nSPS) is 11.7. The molecule has 36 heavy (non-hydrogen) atoms. The fraction of sp³-hybridized carbons (Fsp3) is 0.172. The number of carbonyl (C=O) groups excluding carboxylic acids is 1. The Morgan fingerprint density at radius 2 is 1.75 bits per heavy atom. The summed E-state index contributed by atoms with van der Waals surface area (Å²) in [6.07, 6.45) is 2.51. The van der Waals surface area contributed by atoms with E-state index in [1.807, 2.05) is 37.3 Å². The van der Waals surface area contributed by atoms with Gasteiger partial charge >= 0.3 is 5.97 Å². The molecule has 1 aromatic heterocycles. The summed E-state index contributed by atoms with van der Waals surface area (Å²) in [6.45, 7) is 8.15. The van der Waals surface area contributed by atoms with Crippen LogP contribution >= 0.6 is 0 Å². The Labute approximate surface area is 207 Å². The number of benzene rings is 3. The highest BCUT2D eigenvalue weighted by Gasteiger charge is 2.21. The van der Waals surface area contributed by atoms with Gasteiger partial charge in [-0.3, -0.25) is 14.9 Å². The molecule has 0 atom stereocenters. The maximum atomic E-state index is 13.4. The second-order valence-corrected chi connectivity index (χ2v) is 9.52. The summed E-state index contributed by atoms with van der Waals surface area (Å²) in [4.78, 5) is 36.6. The molecule has 0 aliphatic carbocycles. The van der Waals surface area contributed by atoms with Gasteiger partial charge in [0.2, 0.25) is 11.2 Å². The van der Waals surface area contributed by atoms with Gasteiger partial charge in [-0.1, -0.05) is 68.8 Å². The van der Waals surface area contributed by atoms with Crippen LogP contribution in [-0.4, -0.2) is 10.9 Å². The van der Waals surface area contributed by atoms with Gasteiger partial charge in [-0.05, 0) is 41.7 Å². The molecule has 4 rings (SSSR count). The third-order valence-corrected chi connectivity index (χ3v) is 5.71. The highest BCUT2D eigenvalue weighted by atomic mass is 16.6. The summed E-state index contributed by atoms with van der Waals surface area (Å²) in [5, 5.41) is 11.3. The molecule has 4 aromatic rings.